The summed E-state index contributed by atoms with van der Waals surface area (Å²) in [5, 5.41) is 0. The fourth-order valence-electron chi connectivity index (χ4n) is 2.02. The van der Waals surface area contributed by atoms with E-state index in [1.165, 1.54) is 44.9 Å². The third-order valence-electron chi connectivity index (χ3n) is 3.52. The molecule has 0 aromatic heterocycles. The molecular formula is C14H30O4S. The van der Waals surface area contributed by atoms with E-state index in [0.717, 1.165) is 18.8 Å². The second-order valence-electron chi connectivity index (χ2n) is 5.38. The zero-order chi connectivity index (χ0) is 14.6. The minimum Gasteiger partial charge on any atom is -0.264 e. The summed E-state index contributed by atoms with van der Waals surface area (Å²) >= 11 is 0. The highest BCUT2D eigenvalue weighted by molar-refractivity contribution is 7.80. The lowest BCUT2D eigenvalue weighted by Gasteiger charge is -2.07. The van der Waals surface area contributed by atoms with Crippen molar-refractivity contribution in [2.45, 2.75) is 78.1 Å². The van der Waals surface area contributed by atoms with Gasteiger partial charge < -0.3 is 0 Å². The van der Waals surface area contributed by atoms with Gasteiger partial charge in [-0.25, -0.2) is 4.18 Å². The SMILES string of the molecule is CCC(C)CCCCCCCCCCOS(=O)(=O)O. The van der Waals surface area contributed by atoms with Crippen LogP contribution in [0.1, 0.15) is 78.1 Å². The van der Waals surface area contributed by atoms with Crippen molar-refractivity contribution in [3.8, 4) is 0 Å². The summed E-state index contributed by atoms with van der Waals surface area (Å²) in [5.74, 6) is 0.864. The molecule has 19 heavy (non-hydrogen) atoms. The van der Waals surface area contributed by atoms with Crippen LogP contribution in [0.15, 0.2) is 0 Å². The number of unbranched alkanes of at least 4 members (excludes halogenated alkanes) is 7. The molecule has 0 aliphatic rings. The molecule has 0 bridgehead atoms. The van der Waals surface area contributed by atoms with Crippen LogP contribution in [0.3, 0.4) is 0 Å². The van der Waals surface area contributed by atoms with Crippen LogP contribution in [0.4, 0.5) is 0 Å². The first-order chi connectivity index (χ1) is 8.95. The molecule has 0 amide bonds. The van der Waals surface area contributed by atoms with Gasteiger partial charge in [-0.2, -0.15) is 8.42 Å². The predicted molar refractivity (Wildman–Crippen MR) is 78.5 cm³/mol. The minimum absolute atomic E-state index is 0.0910. The Bertz CT molecular complexity index is 288. The Labute approximate surface area is 118 Å². The van der Waals surface area contributed by atoms with E-state index < -0.39 is 10.4 Å². The molecular weight excluding hydrogens is 264 g/mol. The Balaban J connectivity index is 3.11. The first-order valence-corrected chi connectivity index (χ1v) is 8.94. The van der Waals surface area contributed by atoms with E-state index in [1.54, 1.807) is 0 Å². The van der Waals surface area contributed by atoms with Crippen molar-refractivity contribution >= 4 is 10.4 Å². The molecule has 0 spiro atoms. The summed E-state index contributed by atoms with van der Waals surface area (Å²) in [7, 11) is -4.24. The summed E-state index contributed by atoms with van der Waals surface area (Å²) in [5.41, 5.74) is 0. The van der Waals surface area contributed by atoms with Gasteiger partial charge in [0.2, 0.25) is 0 Å². The largest absolute Gasteiger partial charge is 0.397 e. The van der Waals surface area contributed by atoms with E-state index in [2.05, 4.69) is 18.0 Å². The zero-order valence-electron chi connectivity index (χ0n) is 12.4. The van der Waals surface area contributed by atoms with Gasteiger partial charge in [-0.3, -0.25) is 4.55 Å². The van der Waals surface area contributed by atoms with E-state index in [9.17, 15) is 8.42 Å². The topological polar surface area (TPSA) is 63.6 Å². The van der Waals surface area contributed by atoms with Crippen molar-refractivity contribution in [2.24, 2.45) is 5.92 Å². The van der Waals surface area contributed by atoms with E-state index in [0.29, 0.717) is 6.42 Å². The summed E-state index contributed by atoms with van der Waals surface area (Å²) in [4.78, 5) is 0. The molecule has 0 aliphatic heterocycles. The normalized spacial score (nSPS) is 13.6. The molecule has 0 fully saturated rings. The molecule has 4 nitrogen and oxygen atoms in total. The van der Waals surface area contributed by atoms with Crippen molar-refractivity contribution in [3.05, 3.63) is 0 Å². The summed E-state index contributed by atoms with van der Waals surface area (Å²) in [6.45, 7) is 4.65. The van der Waals surface area contributed by atoms with Gasteiger partial charge in [0.05, 0.1) is 6.61 Å². The first-order valence-electron chi connectivity index (χ1n) is 7.57. The van der Waals surface area contributed by atoms with Gasteiger partial charge in [0.25, 0.3) is 0 Å². The second kappa shape index (κ2) is 11.7. The van der Waals surface area contributed by atoms with E-state index in [1.807, 2.05) is 0 Å². The number of hydrogen-bond donors (Lipinski definition) is 1. The van der Waals surface area contributed by atoms with Crippen molar-refractivity contribution in [3.63, 3.8) is 0 Å². The van der Waals surface area contributed by atoms with Crippen molar-refractivity contribution in [1.29, 1.82) is 0 Å². The quantitative estimate of drug-likeness (QED) is 0.405. The molecule has 0 aromatic rings. The molecule has 1 unspecified atom stereocenters. The number of rotatable bonds is 13. The highest BCUT2D eigenvalue weighted by Gasteiger charge is 2.02. The highest BCUT2D eigenvalue weighted by atomic mass is 32.3. The maximum atomic E-state index is 10.3. The van der Waals surface area contributed by atoms with Gasteiger partial charge in [-0.1, -0.05) is 71.6 Å². The molecule has 116 valence electrons. The van der Waals surface area contributed by atoms with Crippen LogP contribution in [0.2, 0.25) is 0 Å². The van der Waals surface area contributed by atoms with Gasteiger partial charge in [-0.05, 0) is 12.3 Å². The van der Waals surface area contributed by atoms with Gasteiger partial charge in [0.15, 0.2) is 0 Å². The fraction of sp³-hybridized carbons (Fsp3) is 1.00. The average molecular weight is 294 g/mol. The Morgan fingerprint density at radius 3 is 1.89 bits per heavy atom. The molecule has 1 atom stereocenters. The molecule has 0 radical (unpaired) electrons. The van der Waals surface area contributed by atoms with Crippen LogP contribution in [-0.2, 0) is 14.6 Å². The van der Waals surface area contributed by atoms with E-state index >= 15 is 0 Å². The smallest absolute Gasteiger partial charge is 0.264 e. The molecule has 0 saturated carbocycles. The number of hydrogen-bond acceptors (Lipinski definition) is 3. The molecule has 0 aromatic carbocycles. The maximum absolute atomic E-state index is 10.3. The minimum atomic E-state index is -4.24. The lowest BCUT2D eigenvalue weighted by molar-refractivity contribution is 0.261. The van der Waals surface area contributed by atoms with Crippen LogP contribution in [-0.4, -0.2) is 19.6 Å². The maximum Gasteiger partial charge on any atom is 0.397 e. The van der Waals surface area contributed by atoms with Crippen LogP contribution >= 0.6 is 0 Å². The molecule has 0 rings (SSSR count). The standard InChI is InChI=1S/C14H30O4S/c1-3-14(2)12-10-8-6-4-5-7-9-11-13-18-19(15,16)17/h14H,3-13H2,1-2H3,(H,15,16,17). The molecule has 0 aliphatic carbocycles. The Hall–Kier alpha value is -0.130. The van der Waals surface area contributed by atoms with E-state index in [-0.39, 0.29) is 6.61 Å². The Kier molecular flexibility index (Phi) is 11.6. The van der Waals surface area contributed by atoms with Crippen molar-refractivity contribution < 1.29 is 17.2 Å². The first kappa shape index (κ1) is 18.9. The van der Waals surface area contributed by atoms with Crippen molar-refractivity contribution in [2.75, 3.05) is 6.61 Å². The summed E-state index contributed by atoms with van der Waals surface area (Å²) in [6, 6.07) is 0. The monoisotopic (exact) mass is 294 g/mol. The molecule has 1 N–H and O–H groups in total. The van der Waals surface area contributed by atoms with Gasteiger partial charge in [0.1, 0.15) is 0 Å². The molecule has 0 saturated heterocycles. The predicted octanol–water partition coefficient (Wildman–Crippen LogP) is 4.36. The summed E-state index contributed by atoms with van der Waals surface area (Å²) in [6.07, 6.45) is 11.8. The van der Waals surface area contributed by atoms with Gasteiger partial charge in [0, 0.05) is 0 Å². The third-order valence-corrected chi connectivity index (χ3v) is 3.98. The third kappa shape index (κ3) is 15.8. The Morgan fingerprint density at radius 1 is 0.947 bits per heavy atom. The van der Waals surface area contributed by atoms with Crippen LogP contribution in [0, 0.1) is 5.92 Å². The van der Waals surface area contributed by atoms with Gasteiger partial charge >= 0.3 is 10.4 Å². The van der Waals surface area contributed by atoms with Crippen LogP contribution in [0.5, 0.6) is 0 Å². The van der Waals surface area contributed by atoms with E-state index in [4.69, 9.17) is 4.55 Å². The van der Waals surface area contributed by atoms with Crippen LogP contribution < -0.4 is 0 Å². The zero-order valence-corrected chi connectivity index (χ0v) is 13.3. The second-order valence-corrected chi connectivity index (χ2v) is 6.47. The molecule has 5 heteroatoms. The van der Waals surface area contributed by atoms with Crippen molar-refractivity contribution in [1.82, 2.24) is 0 Å². The Morgan fingerprint density at radius 2 is 1.42 bits per heavy atom. The van der Waals surface area contributed by atoms with Crippen LogP contribution in [0.25, 0.3) is 0 Å². The summed E-state index contributed by atoms with van der Waals surface area (Å²) < 4.78 is 33.1. The highest BCUT2D eigenvalue weighted by Crippen LogP contribution is 2.14. The lowest BCUT2D eigenvalue weighted by Crippen LogP contribution is -2.04. The molecule has 0 heterocycles. The lowest BCUT2D eigenvalue weighted by atomic mass is 10.00. The fourth-order valence-corrected chi connectivity index (χ4v) is 2.35. The van der Waals surface area contributed by atoms with Gasteiger partial charge in [-0.15, -0.1) is 0 Å². The average Bonchev–Trinajstić information content (AvgIpc) is 2.34.